The Hall–Kier alpha value is -2.14. The first-order valence-corrected chi connectivity index (χ1v) is 7.95. The van der Waals surface area contributed by atoms with E-state index < -0.39 is 0 Å². The number of hydrogen-bond donors (Lipinski definition) is 1. The van der Waals surface area contributed by atoms with E-state index in [4.69, 9.17) is 0 Å². The van der Waals surface area contributed by atoms with Gasteiger partial charge in [-0.3, -0.25) is 9.69 Å². The number of carbonyl (C=O) groups is 1. The molecule has 0 atom stereocenters. The van der Waals surface area contributed by atoms with Crippen LogP contribution >= 0.6 is 0 Å². The van der Waals surface area contributed by atoms with E-state index in [2.05, 4.69) is 42.5 Å². The van der Waals surface area contributed by atoms with Crippen molar-refractivity contribution >= 4 is 11.7 Å². The maximum absolute atomic E-state index is 12.2. The van der Waals surface area contributed by atoms with Crippen LogP contribution in [-0.2, 0) is 11.3 Å². The van der Waals surface area contributed by atoms with Crippen LogP contribution in [0.5, 0.6) is 0 Å². The minimum atomic E-state index is -0.0281. The number of aryl methyl sites for hydroxylation is 2. The van der Waals surface area contributed by atoms with Crippen LogP contribution < -0.4 is 5.32 Å². The average molecular weight is 314 g/mol. The molecule has 0 saturated heterocycles. The summed E-state index contributed by atoms with van der Waals surface area (Å²) >= 11 is 0. The minimum absolute atomic E-state index is 0.0281. The first kappa shape index (κ1) is 17.2. The number of benzene rings is 1. The molecule has 2 aromatic rings. The van der Waals surface area contributed by atoms with E-state index in [0.717, 1.165) is 12.4 Å². The molecular weight excluding hydrogens is 288 g/mol. The summed E-state index contributed by atoms with van der Waals surface area (Å²) in [5.74, 6) is 0.713. The molecule has 1 N–H and O–H groups in total. The highest BCUT2D eigenvalue weighted by molar-refractivity contribution is 5.91. The number of nitrogens with one attached hydrogen (secondary N) is 1. The molecule has 0 saturated carbocycles. The van der Waals surface area contributed by atoms with Crippen LogP contribution in [-0.4, -0.2) is 34.2 Å². The van der Waals surface area contributed by atoms with Gasteiger partial charge in [0.25, 0.3) is 0 Å². The molecule has 0 aliphatic rings. The van der Waals surface area contributed by atoms with Crippen LogP contribution in [0.1, 0.15) is 36.6 Å². The van der Waals surface area contributed by atoms with Crippen molar-refractivity contribution in [1.29, 1.82) is 0 Å². The Morgan fingerprint density at radius 1 is 1.30 bits per heavy atom. The van der Waals surface area contributed by atoms with Gasteiger partial charge in [-0.15, -0.1) is 0 Å². The van der Waals surface area contributed by atoms with Crippen LogP contribution in [0.15, 0.2) is 30.5 Å². The van der Waals surface area contributed by atoms with Crippen LogP contribution in [0.4, 0.5) is 5.82 Å². The summed E-state index contributed by atoms with van der Waals surface area (Å²) in [5.41, 5.74) is 3.77. The number of nitrogens with zero attached hydrogens (tertiary/aromatic N) is 3. The van der Waals surface area contributed by atoms with Gasteiger partial charge in [-0.05, 0) is 45.9 Å². The zero-order chi connectivity index (χ0) is 17.0. The lowest BCUT2D eigenvalue weighted by atomic mass is 10.1. The molecule has 1 amide bonds. The highest BCUT2D eigenvalue weighted by atomic mass is 16.2. The van der Waals surface area contributed by atoms with Crippen LogP contribution in [0.3, 0.4) is 0 Å². The molecule has 1 aromatic carbocycles. The summed E-state index contributed by atoms with van der Waals surface area (Å²) in [6.07, 6.45) is 1.70. The van der Waals surface area contributed by atoms with E-state index in [1.54, 1.807) is 6.20 Å². The Morgan fingerprint density at radius 3 is 2.70 bits per heavy atom. The lowest BCUT2D eigenvalue weighted by Gasteiger charge is -2.18. The fourth-order valence-corrected chi connectivity index (χ4v) is 2.62. The number of amides is 1. The van der Waals surface area contributed by atoms with E-state index in [1.165, 1.54) is 16.7 Å². The van der Waals surface area contributed by atoms with Crippen molar-refractivity contribution in [2.45, 2.75) is 40.3 Å². The summed E-state index contributed by atoms with van der Waals surface area (Å²) in [5, 5.41) is 7.16. The molecule has 0 fully saturated rings. The zero-order valence-electron chi connectivity index (χ0n) is 14.6. The van der Waals surface area contributed by atoms with Gasteiger partial charge in [-0.2, -0.15) is 5.10 Å². The smallest absolute Gasteiger partial charge is 0.239 e. The van der Waals surface area contributed by atoms with Crippen molar-refractivity contribution in [3.8, 4) is 0 Å². The molecule has 0 aliphatic heterocycles. The van der Waals surface area contributed by atoms with Crippen molar-refractivity contribution in [2.75, 3.05) is 18.9 Å². The second-order valence-electron chi connectivity index (χ2n) is 6.41. The maximum Gasteiger partial charge on any atom is 0.239 e. The standard InChI is InChI=1S/C18H26N4O/c1-13(2)22-17(8-9-19-22)20-18(23)12-21(5)11-16-7-6-14(3)10-15(16)4/h6-10,13H,11-12H2,1-5H3,(H,20,23). The number of anilines is 1. The molecule has 0 aliphatic carbocycles. The van der Waals surface area contributed by atoms with Gasteiger partial charge < -0.3 is 5.32 Å². The van der Waals surface area contributed by atoms with Gasteiger partial charge in [-0.1, -0.05) is 23.8 Å². The second-order valence-corrected chi connectivity index (χ2v) is 6.41. The molecule has 5 nitrogen and oxygen atoms in total. The third-order valence-electron chi connectivity index (χ3n) is 3.78. The number of aromatic nitrogens is 2. The number of likely N-dealkylation sites (N-methyl/N-ethyl adjacent to an activating group) is 1. The first-order valence-electron chi connectivity index (χ1n) is 7.95. The molecule has 0 spiro atoms. The Kier molecular flexibility index (Phi) is 5.55. The molecule has 1 aromatic heterocycles. The van der Waals surface area contributed by atoms with E-state index in [0.29, 0.717) is 6.54 Å². The van der Waals surface area contributed by atoms with Crippen molar-refractivity contribution in [3.05, 3.63) is 47.2 Å². The fourth-order valence-electron chi connectivity index (χ4n) is 2.62. The summed E-state index contributed by atoms with van der Waals surface area (Å²) in [6.45, 7) is 9.37. The van der Waals surface area contributed by atoms with Gasteiger partial charge in [0, 0.05) is 18.7 Å². The molecule has 5 heteroatoms. The maximum atomic E-state index is 12.2. The largest absolute Gasteiger partial charge is 0.310 e. The predicted molar refractivity (Wildman–Crippen MR) is 93.5 cm³/mol. The van der Waals surface area contributed by atoms with Crippen LogP contribution in [0.2, 0.25) is 0 Å². The summed E-state index contributed by atoms with van der Waals surface area (Å²) in [6, 6.07) is 8.45. The highest BCUT2D eigenvalue weighted by Crippen LogP contribution is 2.14. The number of rotatable bonds is 6. The Morgan fingerprint density at radius 2 is 2.04 bits per heavy atom. The van der Waals surface area contributed by atoms with Crippen molar-refractivity contribution in [3.63, 3.8) is 0 Å². The van der Waals surface area contributed by atoms with E-state index >= 15 is 0 Å². The van der Waals surface area contributed by atoms with E-state index in [1.807, 2.05) is 36.5 Å². The van der Waals surface area contributed by atoms with Gasteiger partial charge in [0.1, 0.15) is 5.82 Å². The van der Waals surface area contributed by atoms with Crippen LogP contribution in [0, 0.1) is 13.8 Å². The van der Waals surface area contributed by atoms with Crippen LogP contribution in [0.25, 0.3) is 0 Å². The topological polar surface area (TPSA) is 50.2 Å². The third-order valence-corrected chi connectivity index (χ3v) is 3.78. The molecule has 0 bridgehead atoms. The molecular formula is C18H26N4O. The van der Waals surface area contributed by atoms with Crippen molar-refractivity contribution in [2.24, 2.45) is 0 Å². The Bertz CT molecular complexity index is 675. The molecule has 1 heterocycles. The second kappa shape index (κ2) is 7.42. The fraction of sp³-hybridized carbons (Fsp3) is 0.444. The number of carbonyl (C=O) groups excluding carboxylic acids is 1. The van der Waals surface area contributed by atoms with Crippen molar-refractivity contribution < 1.29 is 4.79 Å². The zero-order valence-corrected chi connectivity index (χ0v) is 14.6. The van der Waals surface area contributed by atoms with Gasteiger partial charge >= 0.3 is 0 Å². The molecule has 124 valence electrons. The quantitative estimate of drug-likeness (QED) is 0.891. The molecule has 0 radical (unpaired) electrons. The summed E-state index contributed by atoms with van der Waals surface area (Å²) in [7, 11) is 1.96. The van der Waals surface area contributed by atoms with Gasteiger partial charge in [0.2, 0.25) is 5.91 Å². The van der Waals surface area contributed by atoms with Gasteiger partial charge in [0.15, 0.2) is 0 Å². The SMILES string of the molecule is Cc1ccc(CN(C)CC(=O)Nc2ccnn2C(C)C)c(C)c1. The number of hydrogen-bond acceptors (Lipinski definition) is 3. The normalized spacial score (nSPS) is 11.3. The highest BCUT2D eigenvalue weighted by Gasteiger charge is 2.12. The molecule has 23 heavy (non-hydrogen) atoms. The monoisotopic (exact) mass is 314 g/mol. The molecule has 2 rings (SSSR count). The summed E-state index contributed by atoms with van der Waals surface area (Å²) < 4.78 is 1.81. The van der Waals surface area contributed by atoms with Gasteiger partial charge in [-0.25, -0.2) is 4.68 Å². The summed E-state index contributed by atoms with van der Waals surface area (Å²) in [4.78, 5) is 14.2. The first-order chi connectivity index (χ1) is 10.9. The van der Waals surface area contributed by atoms with Crippen molar-refractivity contribution in [1.82, 2.24) is 14.7 Å². The third kappa shape index (κ3) is 4.66. The Balaban J connectivity index is 1.93. The van der Waals surface area contributed by atoms with Gasteiger partial charge in [0.05, 0.1) is 12.7 Å². The lowest BCUT2D eigenvalue weighted by Crippen LogP contribution is -2.30. The van der Waals surface area contributed by atoms with E-state index in [9.17, 15) is 4.79 Å². The average Bonchev–Trinajstić information content (AvgIpc) is 2.90. The lowest BCUT2D eigenvalue weighted by molar-refractivity contribution is -0.117. The molecule has 0 unspecified atom stereocenters. The minimum Gasteiger partial charge on any atom is -0.310 e. The Labute approximate surface area is 138 Å². The predicted octanol–water partition coefficient (Wildman–Crippen LogP) is 3.15. The van der Waals surface area contributed by atoms with E-state index in [-0.39, 0.29) is 11.9 Å².